The lowest BCUT2D eigenvalue weighted by atomic mass is 9.79. The van der Waals surface area contributed by atoms with Gasteiger partial charge in [0.15, 0.2) is 0 Å². The molecule has 94 valence electrons. The molecule has 1 aromatic carbocycles. The Bertz CT molecular complexity index is 573. The van der Waals surface area contributed by atoms with Gasteiger partial charge in [0, 0.05) is 16.7 Å². The number of nitro groups is 1. The molecule has 0 saturated heterocycles. The standard InChI is InChI=1S/C6H3BClF3NO4S/c8-17(15,16)4-1-2-6(12(13)14)5(3-4)7(9,10)11/h1-3H/q-1. The molecule has 1 aromatic rings. The van der Waals surface area contributed by atoms with Gasteiger partial charge in [-0.15, -0.1) is 0 Å². The Hall–Kier alpha value is -1.29. The molecular weight excluding hydrogens is 285 g/mol. The summed E-state index contributed by atoms with van der Waals surface area (Å²) in [6, 6.07) is 1.26. The summed E-state index contributed by atoms with van der Waals surface area (Å²) in [7, 11) is 0.486. The first-order chi connectivity index (χ1) is 7.53. The van der Waals surface area contributed by atoms with Gasteiger partial charge in [-0.05, 0) is 11.5 Å². The molecule has 1 rings (SSSR count). The van der Waals surface area contributed by atoms with Crippen LogP contribution < -0.4 is 5.46 Å². The van der Waals surface area contributed by atoms with E-state index in [9.17, 15) is 31.5 Å². The molecule has 0 bridgehead atoms. The zero-order chi connectivity index (χ0) is 13.4. The Morgan fingerprint density at radius 3 is 2.18 bits per heavy atom. The molecule has 0 unspecified atom stereocenters. The van der Waals surface area contributed by atoms with E-state index in [1.54, 1.807) is 0 Å². The van der Waals surface area contributed by atoms with Crippen molar-refractivity contribution in [1.29, 1.82) is 0 Å². The van der Waals surface area contributed by atoms with Gasteiger partial charge in [0.1, 0.15) is 0 Å². The molecule has 5 nitrogen and oxygen atoms in total. The molecule has 11 heteroatoms. The van der Waals surface area contributed by atoms with Crippen LogP contribution in [0.15, 0.2) is 23.1 Å². The number of nitro benzene ring substituents is 1. The molecule has 0 spiro atoms. The fourth-order valence-electron chi connectivity index (χ4n) is 1.11. The van der Waals surface area contributed by atoms with Crippen molar-refractivity contribution >= 4 is 37.9 Å². The van der Waals surface area contributed by atoms with E-state index < -0.39 is 37.0 Å². The lowest BCUT2D eigenvalue weighted by Crippen LogP contribution is -2.36. The van der Waals surface area contributed by atoms with Gasteiger partial charge in [-0.2, -0.15) is 0 Å². The van der Waals surface area contributed by atoms with Crippen molar-refractivity contribution < 1.29 is 26.3 Å². The molecule has 0 radical (unpaired) electrons. The minimum atomic E-state index is -5.70. The van der Waals surface area contributed by atoms with Gasteiger partial charge in [-0.3, -0.25) is 10.1 Å². The number of hydrogen-bond acceptors (Lipinski definition) is 4. The van der Waals surface area contributed by atoms with E-state index in [0.717, 1.165) is 0 Å². The Labute approximate surface area is 97.8 Å². The third-order valence-corrected chi connectivity index (χ3v) is 3.18. The van der Waals surface area contributed by atoms with E-state index >= 15 is 0 Å². The van der Waals surface area contributed by atoms with Crippen molar-refractivity contribution in [2.24, 2.45) is 0 Å². The molecule has 0 aliphatic carbocycles. The summed E-state index contributed by atoms with van der Waals surface area (Å²) < 4.78 is 59.1. The molecule has 0 aromatic heterocycles. The van der Waals surface area contributed by atoms with Crippen molar-refractivity contribution in [2.75, 3.05) is 0 Å². The lowest BCUT2D eigenvalue weighted by molar-refractivity contribution is -0.383. The molecule has 17 heavy (non-hydrogen) atoms. The van der Waals surface area contributed by atoms with E-state index in [-0.39, 0.29) is 6.07 Å². The van der Waals surface area contributed by atoms with Gasteiger partial charge < -0.3 is 12.9 Å². The number of rotatable bonds is 3. The Morgan fingerprint density at radius 2 is 1.82 bits per heavy atom. The van der Waals surface area contributed by atoms with Gasteiger partial charge in [-0.1, -0.05) is 6.07 Å². The highest BCUT2D eigenvalue weighted by Gasteiger charge is 2.34. The second-order valence-corrected chi connectivity index (χ2v) is 5.56. The van der Waals surface area contributed by atoms with E-state index in [1.165, 1.54) is 0 Å². The van der Waals surface area contributed by atoms with Crippen LogP contribution >= 0.6 is 10.7 Å². The normalized spacial score (nSPS) is 12.5. The number of hydrogen-bond donors (Lipinski definition) is 0. The van der Waals surface area contributed by atoms with Gasteiger partial charge in [0.05, 0.1) is 9.82 Å². The summed E-state index contributed by atoms with van der Waals surface area (Å²) in [5.74, 6) is 0. The fourth-order valence-corrected chi connectivity index (χ4v) is 1.90. The second-order valence-electron chi connectivity index (χ2n) is 2.99. The molecule has 0 heterocycles. The molecule has 0 atom stereocenters. The lowest BCUT2D eigenvalue weighted by Gasteiger charge is -2.15. The maximum absolute atomic E-state index is 12.5. The van der Waals surface area contributed by atoms with Crippen molar-refractivity contribution in [2.45, 2.75) is 4.90 Å². The predicted octanol–water partition coefficient (Wildman–Crippen LogP) is 1.58. The van der Waals surface area contributed by atoms with Crippen molar-refractivity contribution in [1.82, 2.24) is 0 Å². The van der Waals surface area contributed by atoms with Crippen LogP contribution in [0.5, 0.6) is 0 Å². The van der Waals surface area contributed by atoms with Crippen molar-refractivity contribution in [3.05, 3.63) is 28.3 Å². The number of benzene rings is 1. The van der Waals surface area contributed by atoms with Crippen LogP contribution in [0.4, 0.5) is 18.6 Å². The topological polar surface area (TPSA) is 77.3 Å². The van der Waals surface area contributed by atoms with Crippen LogP contribution in [-0.2, 0) is 9.05 Å². The summed E-state index contributed by atoms with van der Waals surface area (Å²) >= 11 is 0. The summed E-state index contributed by atoms with van der Waals surface area (Å²) in [6.07, 6.45) is 0. The van der Waals surface area contributed by atoms with Crippen LogP contribution in [-0.4, -0.2) is 20.3 Å². The average Bonchev–Trinajstić information content (AvgIpc) is 2.14. The van der Waals surface area contributed by atoms with Crippen LogP contribution in [0.2, 0.25) is 0 Å². The highest BCUT2D eigenvalue weighted by atomic mass is 35.7. The second kappa shape index (κ2) is 4.19. The monoisotopic (exact) mass is 288 g/mol. The Kier molecular flexibility index (Phi) is 3.39. The van der Waals surface area contributed by atoms with Gasteiger partial charge in [-0.25, -0.2) is 8.42 Å². The third-order valence-electron chi connectivity index (χ3n) is 1.83. The summed E-state index contributed by atoms with van der Waals surface area (Å²) in [6.45, 7) is -5.70. The van der Waals surface area contributed by atoms with E-state index in [0.29, 0.717) is 12.1 Å². The predicted molar refractivity (Wildman–Crippen MR) is 54.8 cm³/mol. The summed E-state index contributed by atoms with van der Waals surface area (Å²) in [5, 5.41) is 10.4. The zero-order valence-corrected chi connectivity index (χ0v) is 9.38. The molecule has 0 aliphatic rings. The third kappa shape index (κ3) is 3.10. The maximum atomic E-state index is 12.5. The van der Waals surface area contributed by atoms with Gasteiger partial charge in [0.25, 0.3) is 9.05 Å². The van der Waals surface area contributed by atoms with Crippen LogP contribution in [0.1, 0.15) is 0 Å². The Balaban J connectivity index is 3.57. The molecule has 0 amide bonds. The minimum Gasteiger partial charge on any atom is -0.445 e. The number of nitrogens with zero attached hydrogens (tertiary/aromatic N) is 1. The first kappa shape index (κ1) is 13.8. The van der Waals surface area contributed by atoms with Crippen LogP contribution in [0, 0.1) is 10.1 Å². The van der Waals surface area contributed by atoms with Crippen molar-refractivity contribution in [3.8, 4) is 0 Å². The first-order valence-electron chi connectivity index (χ1n) is 3.96. The maximum Gasteiger partial charge on any atom is 0.516 e. The van der Waals surface area contributed by atoms with Crippen molar-refractivity contribution in [3.63, 3.8) is 0 Å². The molecule has 0 aliphatic heterocycles. The molecule has 0 fully saturated rings. The quantitative estimate of drug-likeness (QED) is 0.366. The van der Waals surface area contributed by atoms with Crippen LogP contribution in [0.3, 0.4) is 0 Å². The van der Waals surface area contributed by atoms with Gasteiger partial charge >= 0.3 is 6.98 Å². The minimum absolute atomic E-state index is 0.153. The SMILES string of the molecule is O=[N+]([O-])c1ccc(S(=O)(=O)Cl)cc1[B-](F)(F)F. The first-order valence-corrected chi connectivity index (χ1v) is 6.27. The fraction of sp³-hybridized carbons (Fsp3) is 0. The van der Waals surface area contributed by atoms with E-state index in [1.807, 2.05) is 0 Å². The average molecular weight is 288 g/mol. The summed E-state index contributed by atoms with van der Waals surface area (Å²) in [5.41, 5.74) is -2.81. The van der Waals surface area contributed by atoms with Gasteiger partial charge in [0.2, 0.25) is 5.69 Å². The Morgan fingerprint density at radius 1 is 1.29 bits per heavy atom. The highest BCUT2D eigenvalue weighted by Crippen LogP contribution is 2.22. The number of halogens is 4. The molecule has 0 N–H and O–H groups in total. The summed E-state index contributed by atoms with van der Waals surface area (Å²) in [4.78, 5) is 8.29. The molecular formula is C6H3BClF3NO4S-. The van der Waals surface area contributed by atoms with Crippen LogP contribution in [0.25, 0.3) is 0 Å². The highest BCUT2D eigenvalue weighted by molar-refractivity contribution is 8.13. The largest absolute Gasteiger partial charge is 0.516 e. The molecule has 0 saturated carbocycles. The zero-order valence-electron chi connectivity index (χ0n) is 7.81. The van der Waals surface area contributed by atoms with E-state index in [2.05, 4.69) is 0 Å². The smallest absolute Gasteiger partial charge is 0.445 e. The van der Waals surface area contributed by atoms with E-state index in [4.69, 9.17) is 10.7 Å².